The maximum Gasteiger partial charge on any atom is 0.308 e. The summed E-state index contributed by atoms with van der Waals surface area (Å²) in [7, 11) is 1.54. The van der Waals surface area contributed by atoms with Gasteiger partial charge in [0.2, 0.25) is 0 Å². The number of hydrogen-bond donors (Lipinski definition) is 0. The van der Waals surface area contributed by atoms with Gasteiger partial charge in [-0.25, -0.2) is 0 Å². The molecule has 31 heavy (non-hydrogen) atoms. The molecule has 1 aliphatic carbocycles. The molecule has 2 heteroatoms. The third-order valence-electron chi connectivity index (χ3n) is 7.14. The van der Waals surface area contributed by atoms with Crippen LogP contribution in [0.2, 0.25) is 0 Å². The van der Waals surface area contributed by atoms with Crippen LogP contribution >= 0.6 is 0 Å². The van der Waals surface area contributed by atoms with Gasteiger partial charge in [-0.1, -0.05) is 99.2 Å². The van der Waals surface area contributed by atoms with E-state index >= 15 is 0 Å². The summed E-state index contributed by atoms with van der Waals surface area (Å²) < 4.78 is 5.08. The highest BCUT2D eigenvalue weighted by atomic mass is 16.5. The quantitative estimate of drug-likeness (QED) is 0.471. The molecule has 1 saturated carbocycles. The number of carbonyl (C=O) groups is 1. The normalized spacial score (nSPS) is 23.7. The summed E-state index contributed by atoms with van der Waals surface area (Å²) in [6.07, 6.45) is 14.2. The number of rotatable bonds is 5. The van der Waals surface area contributed by atoms with Gasteiger partial charge in [0.25, 0.3) is 0 Å². The molecule has 0 heterocycles. The van der Waals surface area contributed by atoms with E-state index in [1.54, 1.807) is 0 Å². The van der Waals surface area contributed by atoms with Crippen molar-refractivity contribution in [2.75, 3.05) is 7.11 Å². The van der Waals surface area contributed by atoms with Gasteiger partial charge < -0.3 is 4.74 Å². The van der Waals surface area contributed by atoms with Gasteiger partial charge in [-0.3, -0.25) is 4.79 Å². The van der Waals surface area contributed by atoms with Crippen molar-refractivity contribution in [3.8, 4) is 0 Å². The zero-order chi connectivity index (χ0) is 21.7. The van der Waals surface area contributed by atoms with Crippen LogP contribution in [0.4, 0.5) is 0 Å². The van der Waals surface area contributed by atoms with Crippen molar-refractivity contribution in [1.82, 2.24) is 0 Å². The van der Waals surface area contributed by atoms with E-state index in [0.29, 0.717) is 5.92 Å². The molecule has 2 aromatic rings. The second-order valence-electron chi connectivity index (χ2n) is 9.40. The summed E-state index contributed by atoms with van der Waals surface area (Å²) >= 11 is 0. The largest absolute Gasteiger partial charge is 0.469 e. The number of methoxy groups -OCH3 is 1. The van der Waals surface area contributed by atoms with E-state index in [0.717, 1.165) is 31.6 Å². The Balaban J connectivity index is 1.73. The van der Waals surface area contributed by atoms with E-state index in [1.807, 2.05) is 0 Å². The minimum Gasteiger partial charge on any atom is -0.469 e. The highest BCUT2D eigenvalue weighted by molar-refractivity contribution is 5.72. The lowest BCUT2D eigenvalue weighted by Crippen LogP contribution is -2.20. The number of carbonyl (C=O) groups excluding carboxylic acids is 1. The molecule has 2 nitrogen and oxygen atoms in total. The predicted molar refractivity (Wildman–Crippen MR) is 129 cm³/mol. The van der Waals surface area contributed by atoms with Crippen LogP contribution in [0.15, 0.2) is 60.7 Å². The number of hydrogen-bond acceptors (Lipinski definition) is 2. The fourth-order valence-corrected chi connectivity index (χ4v) is 5.34. The highest BCUT2D eigenvalue weighted by Gasteiger charge is 2.24. The molecule has 0 N–H and O–H groups in total. The third-order valence-corrected chi connectivity index (χ3v) is 7.14. The lowest BCUT2D eigenvalue weighted by molar-refractivity contribution is -0.146. The van der Waals surface area contributed by atoms with E-state index < -0.39 is 0 Å². The maximum atomic E-state index is 12.2. The number of esters is 1. The Morgan fingerprint density at radius 2 is 1.10 bits per heavy atom. The molecule has 0 saturated heterocycles. The zero-order valence-corrected chi connectivity index (χ0v) is 19.3. The van der Waals surface area contributed by atoms with Crippen molar-refractivity contribution in [2.24, 2.45) is 17.8 Å². The van der Waals surface area contributed by atoms with Crippen molar-refractivity contribution in [3.63, 3.8) is 0 Å². The lowest BCUT2D eigenvalue weighted by Gasteiger charge is -2.28. The first-order chi connectivity index (χ1) is 15.3. The summed E-state index contributed by atoms with van der Waals surface area (Å²) in [5, 5.41) is 0. The summed E-state index contributed by atoms with van der Waals surface area (Å²) in [6, 6.07) is 22.1. The summed E-state index contributed by atoms with van der Waals surface area (Å²) in [5.74, 6) is 1.51. The SMILES string of the molecule is COC(=O)C1CCCCCCC(Cc2ccccc2)C(Cc2ccccc2)CCCC1. The Morgan fingerprint density at radius 3 is 1.58 bits per heavy atom. The summed E-state index contributed by atoms with van der Waals surface area (Å²) in [5.41, 5.74) is 2.93. The molecule has 168 valence electrons. The van der Waals surface area contributed by atoms with Crippen molar-refractivity contribution in [3.05, 3.63) is 71.8 Å². The molecule has 3 rings (SSSR count). The van der Waals surface area contributed by atoms with E-state index in [-0.39, 0.29) is 11.9 Å². The van der Waals surface area contributed by atoms with Crippen molar-refractivity contribution < 1.29 is 9.53 Å². The van der Waals surface area contributed by atoms with Gasteiger partial charge in [0.05, 0.1) is 13.0 Å². The number of benzene rings is 2. The van der Waals surface area contributed by atoms with E-state index in [9.17, 15) is 4.79 Å². The standard InChI is InChI=1S/C29H40O2/c1-31-29(30)26-18-10-2-3-11-20-27(22-24-14-6-4-7-15-24)28(21-13-12-19-26)23-25-16-8-5-9-17-25/h4-9,14-17,26-28H,2-3,10-13,18-23H2,1H3. The highest BCUT2D eigenvalue weighted by Crippen LogP contribution is 2.32. The molecule has 0 aliphatic heterocycles. The van der Waals surface area contributed by atoms with Gasteiger partial charge in [-0.2, -0.15) is 0 Å². The van der Waals surface area contributed by atoms with Crippen LogP contribution in [0.5, 0.6) is 0 Å². The minimum atomic E-state index is -0.00217. The van der Waals surface area contributed by atoms with Crippen molar-refractivity contribution in [2.45, 2.75) is 77.0 Å². The second-order valence-corrected chi connectivity index (χ2v) is 9.40. The molecule has 2 aromatic carbocycles. The van der Waals surface area contributed by atoms with Gasteiger partial charge in [0, 0.05) is 0 Å². The molecule has 1 fully saturated rings. The molecule has 0 aromatic heterocycles. The first kappa shape index (κ1) is 23.6. The fourth-order valence-electron chi connectivity index (χ4n) is 5.34. The molecular formula is C29H40O2. The molecular weight excluding hydrogens is 380 g/mol. The second kappa shape index (κ2) is 13.3. The first-order valence-corrected chi connectivity index (χ1v) is 12.4. The van der Waals surface area contributed by atoms with Gasteiger partial charge in [-0.05, 0) is 61.5 Å². The summed E-state index contributed by atoms with van der Waals surface area (Å²) in [6.45, 7) is 0. The van der Waals surface area contributed by atoms with Crippen LogP contribution < -0.4 is 0 Å². The molecule has 3 unspecified atom stereocenters. The molecule has 0 radical (unpaired) electrons. The fraction of sp³-hybridized carbons (Fsp3) is 0.552. The topological polar surface area (TPSA) is 26.3 Å². The first-order valence-electron chi connectivity index (χ1n) is 12.4. The Hall–Kier alpha value is -2.09. The van der Waals surface area contributed by atoms with Crippen LogP contribution in [0.1, 0.15) is 75.3 Å². The van der Waals surface area contributed by atoms with E-state index in [2.05, 4.69) is 60.7 Å². The van der Waals surface area contributed by atoms with Crippen LogP contribution in [-0.4, -0.2) is 13.1 Å². The Kier molecular flexibility index (Phi) is 10.2. The zero-order valence-electron chi connectivity index (χ0n) is 19.3. The number of ether oxygens (including phenoxy) is 1. The van der Waals surface area contributed by atoms with Gasteiger partial charge in [0.15, 0.2) is 0 Å². The van der Waals surface area contributed by atoms with Crippen molar-refractivity contribution in [1.29, 1.82) is 0 Å². The average molecular weight is 421 g/mol. The molecule has 0 amide bonds. The average Bonchev–Trinajstić information content (AvgIpc) is 2.83. The smallest absolute Gasteiger partial charge is 0.308 e. The van der Waals surface area contributed by atoms with Gasteiger partial charge in [0.1, 0.15) is 0 Å². The van der Waals surface area contributed by atoms with Gasteiger partial charge >= 0.3 is 5.97 Å². The van der Waals surface area contributed by atoms with Crippen LogP contribution in [-0.2, 0) is 22.4 Å². The molecule has 0 spiro atoms. The third kappa shape index (κ3) is 8.16. The lowest BCUT2D eigenvalue weighted by atomic mass is 9.77. The van der Waals surface area contributed by atoms with Gasteiger partial charge in [-0.15, -0.1) is 0 Å². The van der Waals surface area contributed by atoms with Crippen LogP contribution in [0.3, 0.4) is 0 Å². The predicted octanol–water partition coefficient (Wildman–Crippen LogP) is 7.41. The minimum absolute atomic E-state index is 0.00217. The van der Waals surface area contributed by atoms with E-state index in [4.69, 9.17) is 4.74 Å². The Morgan fingerprint density at radius 1 is 0.677 bits per heavy atom. The summed E-state index contributed by atoms with van der Waals surface area (Å²) in [4.78, 5) is 12.2. The molecule has 1 aliphatic rings. The molecule has 0 bridgehead atoms. The van der Waals surface area contributed by atoms with Crippen LogP contribution in [0, 0.1) is 17.8 Å². The van der Waals surface area contributed by atoms with Crippen molar-refractivity contribution >= 4 is 5.97 Å². The van der Waals surface area contributed by atoms with Crippen LogP contribution in [0.25, 0.3) is 0 Å². The monoisotopic (exact) mass is 420 g/mol. The Bertz CT molecular complexity index is 740. The molecule has 3 atom stereocenters. The van der Waals surface area contributed by atoms with E-state index in [1.165, 1.54) is 69.6 Å². The maximum absolute atomic E-state index is 12.2. The Labute approximate surface area is 189 Å².